The van der Waals surface area contributed by atoms with Gasteiger partial charge in [0.05, 0.1) is 5.52 Å². The third-order valence-electron chi connectivity index (χ3n) is 4.25. The van der Waals surface area contributed by atoms with E-state index in [1.807, 2.05) is 7.05 Å². The second-order valence-corrected chi connectivity index (χ2v) is 6.32. The van der Waals surface area contributed by atoms with Crippen molar-refractivity contribution in [2.75, 3.05) is 12.4 Å². The normalized spacial score (nSPS) is 14.6. The maximum absolute atomic E-state index is 5.00. The van der Waals surface area contributed by atoms with E-state index in [1.165, 1.54) is 59.1 Å². The molecule has 0 radical (unpaired) electrons. The fourth-order valence-corrected chi connectivity index (χ4v) is 3.30. The van der Waals surface area contributed by atoms with E-state index in [4.69, 9.17) is 4.98 Å². The summed E-state index contributed by atoms with van der Waals surface area (Å²) in [5, 5.41) is 4.63. The number of rotatable bonds is 3. The average Bonchev–Trinajstić information content (AvgIpc) is 2.45. The number of benzene rings is 1. The van der Waals surface area contributed by atoms with Crippen molar-refractivity contribution in [2.45, 2.75) is 46.0 Å². The molecule has 0 spiro atoms. The zero-order valence-electron chi connectivity index (χ0n) is 12.8. The zero-order valence-corrected chi connectivity index (χ0v) is 12.8. The molecule has 20 heavy (non-hydrogen) atoms. The van der Waals surface area contributed by atoms with Crippen LogP contribution in [0.4, 0.5) is 5.69 Å². The molecule has 2 aromatic rings. The fourth-order valence-electron chi connectivity index (χ4n) is 3.30. The topological polar surface area (TPSA) is 24.9 Å². The van der Waals surface area contributed by atoms with Gasteiger partial charge in [0.25, 0.3) is 0 Å². The number of hydrogen-bond donors (Lipinski definition) is 1. The van der Waals surface area contributed by atoms with E-state index in [0.717, 1.165) is 6.42 Å². The van der Waals surface area contributed by atoms with Crippen LogP contribution in [-0.4, -0.2) is 12.0 Å². The minimum Gasteiger partial charge on any atom is -0.388 e. The molecule has 0 bridgehead atoms. The Balaban J connectivity index is 2.21. The molecule has 1 aromatic carbocycles. The van der Waals surface area contributed by atoms with Crippen molar-refractivity contribution in [1.82, 2.24) is 4.98 Å². The van der Waals surface area contributed by atoms with E-state index in [0.29, 0.717) is 5.92 Å². The van der Waals surface area contributed by atoms with E-state index in [2.05, 4.69) is 37.4 Å². The standard InChI is InChI=1S/C18H24N2/c1-12(2)10-14-11-17(19-3)16-9-8-13-6-4-5-7-15(13)18(16)20-14/h8-9,11-12H,4-7,10H2,1-3H3,(H,19,20). The average molecular weight is 268 g/mol. The van der Waals surface area contributed by atoms with Gasteiger partial charge in [-0.25, -0.2) is 0 Å². The van der Waals surface area contributed by atoms with Crippen molar-refractivity contribution < 1.29 is 0 Å². The molecule has 3 rings (SSSR count). The molecule has 0 aliphatic heterocycles. The summed E-state index contributed by atoms with van der Waals surface area (Å²) in [6.45, 7) is 4.51. The summed E-state index contributed by atoms with van der Waals surface area (Å²) in [6.07, 6.45) is 6.08. The number of hydrogen-bond acceptors (Lipinski definition) is 2. The number of fused-ring (bicyclic) bond motifs is 3. The van der Waals surface area contributed by atoms with Gasteiger partial charge in [-0.15, -0.1) is 0 Å². The summed E-state index contributed by atoms with van der Waals surface area (Å²) in [7, 11) is 2.01. The van der Waals surface area contributed by atoms with E-state index in [1.54, 1.807) is 0 Å². The molecule has 0 unspecified atom stereocenters. The Kier molecular flexibility index (Phi) is 3.64. The van der Waals surface area contributed by atoms with Gasteiger partial charge in [0, 0.05) is 23.8 Å². The predicted molar refractivity (Wildman–Crippen MR) is 86.5 cm³/mol. The number of aryl methyl sites for hydroxylation is 2. The van der Waals surface area contributed by atoms with Gasteiger partial charge in [-0.2, -0.15) is 0 Å². The quantitative estimate of drug-likeness (QED) is 0.895. The van der Waals surface area contributed by atoms with Crippen molar-refractivity contribution >= 4 is 16.6 Å². The van der Waals surface area contributed by atoms with Gasteiger partial charge < -0.3 is 5.32 Å². The van der Waals surface area contributed by atoms with Crippen LogP contribution < -0.4 is 5.32 Å². The van der Waals surface area contributed by atoms with Gasteiger partial charge in [0.1, 0.15) is 0 Å². The molecular weight excluding hydrogens is 244 g/mol. The van der Waals surface area contributed by atoms with Gasteiger partial charge in [0.15, 0.2) is 0 Å². The van der Waals surface area contributed by atoms with Gasteiger partial charge >= 0.3 is 0 Å². The van der Waals surface area contributed by atoms with Crippen LogP contribution in [0, 0.1) is 5.92 Å². The van der Waals surface area contributed by atoms with Crippen LogP contribution in [0.2, 0.25) is 0 Å². The summed E-state index contributed by atoms with van der Waals surface area (Å²) in [5.74, 6) is 0.643. The Morgan fingerprint density at radius 3 is 2.75 bits per heavy atom. The Hall–Kier alpha value is -1.57. The SMILES string of the molecule is CNc1cc(CC(C)C)nc2c3c(ccc12)CCCC3. The maximum atomic E-state index is 5.00. The second-order valence-electron chi connectivity index (χ2n) is 6.32. The van der Waals surface area contributed by atoms with Gasteiger partial charge in [0.2, 0.25) is 0 Å². The molecule has 2 heteroatoms. The van der Waals surface area contributed by atoms with E-state index < -0.39 is 0 Å². The molecular formula is C18H24N2. The Morgan fingerprint density at radius 1 is 1.20 bits per heavy atom. The highest BCUT2D eigenvalue weighted by Gasteiger charge is 2.16. The molecule has 0 atom stereocenters. The highest BCUT2D eigenvalue weighted by Crippen LogP contribution is 2.32. The number of aromatic nitrogens is 1. The number of anilines is 1. The molecule has 0 saturated carbocycles. The molecule has 2 nitrogen and oxygen atoms in total. The van der Waals surface area contributed by atoms with E-state index in [9.17, 15) is 0 Å². The Morgan fingerprint density at radius 2 is 2.00 bits per heavy atom. The fraction of sp³-hybridized carbons (Fsp3) is 0.500. The summed E-state index contributed by atoms with van der Waals surface area (Å²) >= 11 is 0. The van der Waals surface area contributed by atoms with Gasteiger partial charge in [-0.1, -0.05) is 26.0 Å². The van der Waals surface area contributed by atoms with E-state index >= 15 is 0 Å². The monoisotopic (exact) mass is 268 g/mol. The van der Waals surface area contributed by atoms with Gasteiger partial charge in [-0.05, 0) is 55.2 Å². The largest absolute Gasteiger partial charge is 0.388 e. The molecule has 0 fully saturated rings. The third-order valence-corrected chi connectivity index (χ3v) is 4.25. The lowest BCUT2D eigenvalue weighted by molar-refractivity contribution is 0.636. The van der Waals surface area contributed by atoms with Crippen molar-refractivity contribution in [3.63, 3.8) is 0 Å². The number of nitrogens with zero attached hydrogens (tertiary/aromatic N) is 1. The first-order chi connectivity index (χ1) is 9.69. The minimum absolute atomic E-state index is 0.643. The Bertz CT molecular complexity index is 629. The van der Waals surface area contributed by atoms with Crippen LogP contribution in [0.3, 0.4) is 0 Å². The molecule has 1 aliphatic carbocycles. The first-order valence-corrected chi connectivity index (χ1v) is 7.81. The van der Waals surface area contributed by atoms with Crippen LogP contribution in [0.1, 0.15) is 43.5 Å². The molecule has 1 N–H and O–H groups in total. The first kappa shape index (κ1) is 13.4. The lowest BCUT2D eigenvalue weighted by Gasteiger charge is -2.19. The zero-order chi connectivity index (χ0) is 14.1. The third kappa shape index (κ3) is 2.39. The molecule has 0 saturated heterocycles. The highest BCUT2D eigenvalue weighted by atomic mass is 14.8. The molecule has 1 aromatic heterocycles. The lowest BCUT2D eigenvalue weighted by atomic mass is 9.89. The molecule has 106 valence electrons. The van der Waals surface area contributed by atoms with Crippen LogP contribution in [0.25, 0.3) is 10.9 Å². The number of pyridine rings is 1. The summed E-state index contributed by atoms with van der Waals surface area (Å²) in [6, 6.07) is 6.77. The summed E-state index contributed by atoms with van der Waals surface area (Å²) < 4.78 is 0. The van der Waals surface area contributed by atoms with E-state index in [-0.39, 0.29) is 0 Å². The predicted octanol–water partition coefficient (Wildman–Crippen LogP) is 4.35. The van der Waals surface area contributed by atoms with Crippen LogP contribution in [0.15, 0.2) is 18.2 Å². The smallest absolute Gasteiger partial charge is 0.0760 e. The summed E-state index contributed by atoms with van der Waals surface area (Å²) in [4.78, 5) is 5.00. The highest BCUT2D eigenvalue weighted by molar-refractivity contribution is 5.94. The molecule has 0 amide bonds. The van der Waals surface area contributed by atoms with Crippen molar-refractivity contribution in [3.8, 4) is 0 Å². The van der Waals surface area contributed by atoms with Crippen molar-refractivity contribution in [2.24, 2.45) is 5.92 Å². The maximum Gasteiger partial charge on any atom is 0.0760 e. The van der Waals surface area contributed by atoms with Gasteiger partial charge in [-0.3, -0.25) is 4.98 Å². The van der Waals surface area contributed by atoms with Crippen molar-refractivity contribution in [1.29, 1.82) is 0 Å². The van der Waals surface area contributed by atoms with Crippen LogP contribution in [-0.2, 0) is 19.3 Å². The first-order valence-electron chi connectivity index (χ1n) is 7.81. The van der Waals surface area contributed by atoms with Crippen LogP contribution in [0.5, 0.6) is 0 Å². The second kappa shape index (κ2) is 5.43. The Labute approximate surface area is 121 Å². The minimum atomic E-state index is 0.643. The lowest BCUT2D eigenvalue weighted by Crippen LogP contribution is -2.07. The molecule has 1 heterocycles. The van der Waals surface area contributed by atoms with Crippen LogP contribution >= 0.6 is 0 Å². The number of nitrogens with one attached hydrogen (secondary N) is 1. The molecule has 1 aliphatic rings. The summed E-state index contributed by atoms with van der Waals surface area (Å²) in [5.41, 5.74) is 6.69. The van der Waals surface area contributed by atoms with Crippen molar-refractivity contribution in [3.05, 3.63) is 35.0 Å².